The van der Waals surface area contributed by atoms with E-state index in [0.717, 1.165) is 44.1 Å². The van der Waals surface area contributed by atoms with Gasteiger partial charge in [0.05, 0.1) is 21.6 Å². The average Bonchev–Trinajstić information content (AvgIpc) is 3.39. The topological polar surface area (TPSA) is 59.1 Å². The minimum Gasteiger partial charge on any atom is -0.508 e. The van der Waals surface area contributed by atoms with Gasteiger partial charge in [-0.15, -0.1) is 0 Å². The number of benzene rings is 1. The highest BCUT2D eigenvalue weighted by molar-refractivity contribution is 9.10. The van der Waals surface area contributed by atoms with Crippen molar-refractivity contribution in [1.29, 1.82) is 0 Å². The quantitative estimate of drug-likeness (QED) is 0.166. The van der Waals surface area contributed by atoms with Crippen LogP contribution in [0.1, 0.15) is 82.1 Å². The number of carbonyl (C=O) groups is 1. The lowest BCUT2D eigenvalue weighted by Gasteiger charge is -2.47. The van der Waals surface area contributed by atoms with E-state index in [1.165, 1.54) is 5.57 Å². The van der Waals surface area contributed by atoms with Crippen LogP contribution in [0.3, 0.4) is 0 Å². The predicted molar refractivity (Wildman–Crippen MR) is 138 cm³/mol. The number of allylic oxidation sites excluding steroid dienone is 1. The number of alkyl halides is 2. The third-order valence-corrected chi connectivity index (χ3v) is 10.4. The molecular formula is C27H36Br2O4. The first-order valence-electron chi connectivity index (χ1n) is 12.0. The maximum Gasteiger partial charge on any atom is 0.338 e. The third kappa shape index (κ3) is 5.08. The zero-order valence-electron chi connectivity index (χ0n) is 20.1. The fourth-order valence-corrected chi connectivity index (χ4v) is 6.88. The minimum atomic E-state index is -0.361. The predicted octanol–water partition coefficient (Wildman–Crippen LogP) is 7.10. The molecule has 2 fully saturated rings. The molecule has 3 aliphatic rings. The van der Waals surface area contributed by atoms with Crippen LogP contribution in [-0.2, 0) is 15.9 Å². The second-order valence-electron chi connectivity index (χ2n) is 11.2. The minimum absolute atomic E-state index is 0.00822. The summed E-state index contributed by atoms with van der Waals surface area (Å²) in [5, 5.41) is 10.7. The Hall–Kier alpha value is -0.850. The molecule has 1 aromatic carbocycles. The van der Waals surface area contributed by atoms with Crippen molar-refractivity contribution in [2.24, 2.45) is 11.3 Å². The Labute approximate surface area is 214 Å². The Kier molecular flexibility index (Phi) is 6.87. The summed E-state index contributed by atoms with van der Waals surface area (Å²) < 4.78 is 11.8. The largest absolute Gasteiger partial charge is 0.508 e. The van der Waals surface area contributed by atoms with Gasteiger partial charge in [-0.2, -0.15) is 0 Å². The van der Waals surface area contributed by atoms with Gasteiger partial charge in [0.25, 0.3) is 0 Å². The normalized spacial score (nSPS) is 37.8. The summed E-state index contributed by atoms with van der Waals surface area (Å²) in [6, 6.07) is 5.08. The molecule has 2 heterocycles. The van der Waals surface area contributed by atoms with E-state index < -0.39 is 0 Å². The standard InChI is InChI=1S/C27H36Br2O4/c1-16-6-9-21(28)26(4)12-10-23-27(5,33-23)13-11-22(25(2,3)29)32-24(31)17-7-8-20(30)18(14-17)15-19(16)26/h7-8,14,19,21-23,30H,1,6,9-13,15H2,2-5H3/t19-,21+,22+,23+,26+,27+/m1/s1. The average molecular weight is 584 g/mol. The van der Waals surface area contributed by atoms with Crippen LogP contribution in [0.15, 0.2) is 30.4 Å². The highest BCUT2D eigenvalue weighted by Crippen LogP contribution is 2.54. The van der Waals surface area contributed by atoms with Crippen LogP contribution in [0, 0.1) is 11.3 Å². The van der Waals surface area contributed by atoms with Crippen LogP contribution in [0.5, 0.6) is 5.75 Å². The monoisotopic (exact) mass is 582 g/mol. The zero-order chi connectivity index (χ0) is 24.2. The number of phenols is 1. The van der Waals surface area contributed by atoms with E-state index in [4.69, 9.17) is 9.47 Å². The highest BCUT2D eigenvalue weighted by atomic mass is 79.9. The lowest BCUT2D eigenvalue weighted by molar-refractivity contribution is 0.0191. The molecule has 0 radical (unpaired) electrons. The Morgan fingerprint density at radius 3 is 2.61 bits per heavy atom. The van der Waals surface area contributed by atoms with Gasteiger partial charge in [-0.25, -0.2) is 4.79 Å². The van der Waals surface area contributed by atoms with Gasteiger partial charge < -0.3 is 14.6 Å². The van der Waals surface area contributed by atoms with Crippen molar-refractivity contribution in [2.75, 3.05) is 0 Å². The molecule has 1 saturated carbocycles. The molecule has 4 nitrogen and oxygen atoms in total. The van der Waals surface area contributed by atoms with Gasteiger partial charge >= 0.3 is 5.97 Å². The number of halogens is 2. The van der Waals surface area contributed by atoms with Crippen LogP contribution < -0.4 is 0 Å². The van der Waals surface area contributed by atoms with E-state index in [-0.39, 0.29) is 45.2 Å². The van der Waals surface area contributed by atoms with Crippen molar-refractivity contribution < 1.29 is 19.4 Å². The van der Waals surface area contributed by atoms with Gasteiger partial charge in [0.15, 0.2) is 0 Å². The second-order valence-corrected chi connectivity index (χ2v) is 14.4. The fourth-order valence-electron chi connectivity index (χ4n) is 5.78. The Balaban J connectivity index is 1.72. The second kappa shape index (κ2) is 8.98. The number of hydrogen-bond acceptors (Lipinski definition) is 4. The van der Waals surface area contributed by atoms with Crippen molar-refractivity contribution in [3.63, 3.8) is 0 Å². The van der Waals surface area contributed by atoms with E-state index in [1.54, 1.807) is 12.1 Å². The first-order valence-corrected chi connectivity index (χ1v) is 13.8. The van der Waals surface area contributed by atoms with Crippen molar-refractivity contribution >= 4 is 37.8 Å². The third-order valence-electron chi connectivity index (χ3n) is 8.36. The number of aromatic hydroxyl groups is 1. The Bertz CT molecular complexity index is 939. The molecule has 6 heteroatoms. The van der Waals surface area contributed by atoms with E-state index in [9.17, 15) is 9.90 Å². The number of carbonyl (C=O) groups excluding carboxylic acids is 1. The van der Waals surface area contributed by atoms with Gasteiger partial charge in [-0.3, -0.25) is 0 Å². The Morgan fingerprint density at radius 2 is 1.91 bits per heavy atom. The molecule has 0 spiro atoms. The molecule has 182 valence electrons. The molecule has 0 amide bonds. The van der Waals surface area contributed by atoms with Crippen molar-refractivity contribution in [3.8, 4) is 5.75 Å². The Morgan fingerprint density at radius 1 is 1.18 bits per heavy atom. The molecule has 2 aliphatic heterocycles. The van der Waals surface area contributed by atoms with Crippen LogP contribution >= 0.6 is 31.9 Å². The van der Waals surface area contributed by atoms with E-state index in [2.05, 4.69) is 52.3 Å². The van der Waals surface area contributed by atoms with Crippen LogP contribution in [0.4, 0.5) is 0 Å². The first-order chi connectivity index (χ1) is 15.3. The van der Waals surface area contributed by atoms with Crippen molar-refractivity contribution in [2.45, 2.75) is 99.6 Å². The van der Waals surface area contributed by atoms with Crippen LogP contribution in [0.2, 0.25) is 0 Å². The molecular weight excluding hydrogens is 548 g/mol. The number of fused-ring (bicyclic) bond motifs is 4. The summed E-state index contributed by atoms with van der Waals surface area (Å²) in [5.41, 5.74) is 2.31. The SMILES string of the molecule is C=C1CC[C@H](Br)[C@@]2(C)CC[C@@H]3O[C@@]3(C)CC[C@@H](C(C)(C)Br)OC(=O)c3ccc(O)c(c3)C[C@H]12. The number of rotatable bonds is 1. The molecule has 33 heavy (non-hydrogen) atoms. The lowest BCUT2D eigenvalue weighted by Crippen LogP contribution is -2.42. The van der Waals surface area contributed by atoms with Crippen LogP contribution in [0.25, 0.3) is 0 Å². The molecule has 1 saturated heterocycles. The zero-order valence-corrected chi connectivity index (χ0v) is 23.3. The summed E-state index contributed by atoms with van der Waals surface area (Å²) in [5.74, 6) is 0.0704. The molecule has 4 rings (SSSR count). The maximum atomic E-state index is 13.1. The molecule has 1 N–H and O–H groups in total. The number of hydrogen-bond donors (Lipinski definition) is 1. The summed E-state index contributed by atoms with van der Waals surface area (Å²) in [6.45, 7) is 13.0. The van der Waals surface area contributed by atoms with Gasteiger partial charge in [0.2, 0.25) is 0 Å². The molecule has 1 aromatic rings. The number of epoxide rings is 1. The number of esters is 1. The van der Waals surface area contributed by atoms with Crippen molar-refractivity contribution in [3.05, 3.63) is 41.5 Å². The van der Waals surface area contributed by atoms with Gasteiger partial charge in [0, 0.05) is 4.83 Å². The molecule has 2 bridgehead atoms. The van der Waals surface area contributed by atoms with Gasteiger partial charge in [0.1, 0.15) is 11.9 Å². The maximum absolute atomic E-state index is 13.1. The van der Waals surface area contributed by atoms with E-state index in [0.29, 0.717) is 16.8 Å². The number of ether oxygens (including phenoxy) is 2. The molecule has 6 atom stereocenters. The van der Waals surface area contributed by atoms with Crippen LogP contribution in [-0.4, -0.2) is 38.0 Å². The highest BCUT2D eigenvalue weighted by Gasteiger charge is 2.54. The number of phenolic OH excluding ortho intramolecular Hbond substituents is 1. The summed E-state index contributed by atoms with van der Waals surface area (Å²) >= 11 is 7.71. The summed E-state index contributed by atoms with van der Waals surface area (Å²) in [4.78, 5) is 13.5. The van der Waals surface area contributed by atoms with Crippen molar-refractivity contribution in [1.82, 2.24) is 0 Å². The number of cyclic esters (lactones) is 1. The van der Waals surface area contributed by atoms with Gasteiger partial charge in [-0.05, 0) is 101 Å². The summed E-state index contributed by atoms with van der Waals surface area (Å²) in [6.07, 6.45) is 6.20. The first kappa shape index (κ1) is 25.2. The van der Waals surface area contributed by atoms with Gasteiger partial charge in [-0.1, -0.05) is 50.9 Å². The molecule has 0 aromatic heterocycles. The smallest absolute Gasteiger partial charge is 0.338 e. The summed E-state index contributed by atoms with van der Waals surface area (Å²) in [7, 11) is 0. The van der Waals surface area contributed by atoms with E-state index >= 15 is 0 Å². The van der Waals surface area contributed by atoms with E-state index in [1.807, 2.05) is 19.9 Å². The lowest BCUT2D eigenvalue weighted by atomic mass is 9.61. The molecule has 0 unspecified atom stereocenters. The molecule has 1 aliphatic carbocycles. The fraction of sp³-hybridized carbons (Fsp3) is 0.667.